The molecule has 0 bridgehead atoms. The second-order valence-electron chi connectivity index (χ2n) is 10.1. The minimum absolute atomic E-state index is 0.0997. The van der Waals surface area contributed by atoms with E-state index in [0.717, 1.165) is 51.5 Å². The van der Waals surface area contributed by atoms with Crippen LogP contribution >= 0.6 is 0 Å². The molecule has 0 spiro atoms. The highest BCUT2D eigenvalue weighted by Gasteiger charge is 2.48. The number of piperidine rings is 1. The van der Waals surface area contributed by atoms with Gasteiger partial charge in [0.15, 0.2) is 0 Å². The topological polar surface area (TPSA) is 58.6 Å². The van der Waals surface area contributed by atoms with Crippen molar-refractivity contribution in [2.75, 3.05) is 40.5 Å². The van der Waals surface area contributed by atoms with Gasteiger partial charge in [-0.05, 0) is 63.2 Å². The van der Waals surface area contributed by atoms with Crippen LogP contribution in [0, 0.1) is 11.8 Å². The molecule has 2 N–H and O–H groups in total. The van der Waals surface area contributed by atoms with Crippen LogP contribution in [0.15, 0.2) is 0 Å². The van der Waals surface area contributed by atoms with Gasteiger partial charge in [-0.25, -0.2) is 9.29 Å². The van der Waals surface area contributed by atoms with Crippen LogP contribution in [0.3, 0.4) is 0 Å². The zero-order valence-electron chi connectivity index (χ0n) is 18.8. The Hall–Kier alpha value is -0.760. The molecule has 7 heteroatoms. The number of hydrogen-bond donors (Lipinski definition) is 1. The first kappa shape index (κ1) is 22.4. The van der Waals surface area contributed by atoms with Gasteiger partial charge in [-0.3, -0.25) is 9.69 Å². The molecule has 0 aromatic heterocycles. The predicted molar refractivity (Wildman–Crippen MR) is 113 cm³/mol. The zero-order chi connectivity index (χ0) is 21.1. The van der Waals surface area contributed by atoms with Gasteiger partial charge < -0.3 is 14.8 Å². The number of fused-ring (bicyclic) bond motifs is 1. The maximum atomic E-state index is 13.6. The van der Waals surface area contributed by atoms with Crippen molar-refractivity contribution in [2.45, 2.75) is 88.2 Å². The Morgan fingerprint density at radius 3 is 2.23 bits per heavy atom. The summed E-state index contributed by atoms with van der Waals surface area (Å²) in [6.07, 6.45) is 8.80. The summed E-state index contributed by atoms with van der Waals surface area (Å²) in [6.45, 7) is 4.04. The van der Waals surface area contributed by atoms with Crippen molar-refractivity contribution in [1.82, 2.24) is 9.80 Å². The van der Waals surface area contributed by atoms with Crippen LogP contribution in [0.1, 0.15) is 57.8 Å². The number of likely N-dealkylation sites (tertiary alicyclic amines) is 1. The van der Waals surface area contributed by atoms with E-state index in [9.17, 15) is 9.18 Å². The molecule has 3 atom stereocenters. The minimum Gasteiger partial charge on any atom is -0.468 e. The molecule has 2 unspecified atom stereocenters. The number of nitrogens with zero attached hydrogens (tertiary/aromatic N) is 2. The molecule has 0 aromatic rings. The Balaban J connectivity index is 1.37. The fraction of sp³-hybridized carbons (Fsp3) is 0.957. The van der Waals surface area contributed by atoms with E-state index < -0.39 is 6.17 Å². The van der Waals surface area contributed by atoms with Crippen molar-refractivity contribution >= 4 is 5.97 Å². The number of quaternary nitrogens is 1. The SMILES string of the molecule is COC(=O)[C@@H]1CC2[NH2+]CN(CC3CCC(OC)CC3)C2CN1CC1CCC(F)CC1. The standard InChI is InChI=1S/C23H40FN3O3/c1-29-19-9-5-17(6-10-19)13-27-15-25-20-11-21(23(28)30-2)26(14-22(20)27)12-16-3-7-18(24)8-4-16/h16-22,25H,3-15H2,1-2H3/p+1/t16?,17?,18?,19?,20?,21-,22?/m0/s1. The largest absolute Gasteiger partial charge is 0.468 e. The minimum atomic E-state index is -0.628. The highest BCUT2D eigenvalue weighted by molar-refractivity contribution is 5.75. The van der Waals surface area contributed by atoms with Crippen molar-refractivity contribution in [3.8, 4) is 0 Å². The fourth-order valence-electron chi connectivity index (χ4n) is 6.42. The first-order valence-electron chi connectivity index (χ1n) is 12.1. The maximum Gasteiger partial charge on any atom is 0.323 e. The fourth-order valence-corrected chi connectivity index (χ4v) is 6.42. The molecule has 6 nitrogen and oxygen atoms in total. The number of halogens is 1. The summed E-state index contributed by atoms with van der Waals surface area (Å²) in [7, 11) is 3.33. The molecule has 4 rings (SSSR count). The summed E-state index contributed by atoms with van der Waals surface area (Å²) in [5.41, 5.74) is 0. The van der Waals surface area contributed by atoms with Gasteiger partial charge in [0.1, 0.15) is 24.9 Å². The Morgan fingerprint density at radius 2 is 1.60 bits per heavy atom. The molecule has 0 radical (unpaired) electrons. The Kier molecular flexibility index (Phi) is 7.66. The van der Waals surface area contributed by atoms with Crippen LogP contribution in [0.25, 0.3) is 0 Å². The van der Waals surface area contributed by atoms with E-state index in [1.807, 2.05) is 7.11 Å². The second kappa shape index (κ2) is 10.2. The summed E-state index contributed by atoms with van der Waals surface area (Å²) in [5.74, 6) is 1.16. The molecule has 4 fully saturated rings. The Morgan fingerprint density at radius 1 is 0.967 bits per heavy atom. The van der Waals surface area contributed by atoms with Gasteiger partial charge in [-0.15, -0.1) is 0 Å². The number of methoxy groups -OCH3 is 2. The number of carbonyl (C=O) groups is 1. The molecular formula is C23H41FN3O3+. The van der Waals surface area contributed by atoms with Crippen molar-refractivity contribution in [1.29, 1.82) is 0 Å². The zero-order valence-corrected chi connectivity index (χ0v) is 18.8. The molecule has 2 saturated heterocycles. The number of rotatable bonds is 6. The monoisotopic (exact) mass is 426 g/mol. The number of alkyl halides is 1. The molecule has 2 aliphatic carbocycles. The van der Waals surface area contributed by atoms with Crippen LogP contribution in [-0.2, 0) is 14.3 Å². The average Bonchev–Trinajstić information content (AvgIpc) is 3.16. The van der Waals surface area contributed by atoms with Crippen molar-refractivity contribution in [2.24, 2.45) is 11.8 Å². The van der Waals surface area contributed by atoms with Gasteiger partial charge in [0.25, 0.3) is 0 Å². The van der Waals surface area contributed by atoms with Crippen molar-refractivity contribution < 1.29 is 24.0 Å². The van der Waals surface area contributed by atoms with Gasteiger partial charge in [-0.2, -0.15) is 0 Å². The molecule has 0 aromatic carbocycles. The highest BCUT2D eigenvalue weighted by Crippen LogP contribution is 2.32. The van der Waals surface area contributed by atoms with E-state index in [4.69, 9.17) is 9.47 Å². The van der Waals surface area contributed by atoms with E-state index in [1.165, 1.54) is 32.8 Å². The lowest BCUT2D eigenvalue weighted by Gasteiger charge is -2.42. The van der Waals surface area contributed by atoms with Gasteiger partial charge in [0.2, 0.25) is 0 Å². The second-order valence-corrected chi connectivity index (χ2v) is 10.1. The summed E-state index contributed by atoms with van der Waals surface area (Å²) in [4.78, 5) is 17.6. The molecule has 0 amide bonds. The van der Waals surface area contributed by atoms with Crippen LogP contribution in [0.5, 0.6) is 0 Å². The summed E-state index contributed by atoms with van der Waals surface area (Å²) >= 11 is 0. The van der Waals surface area contributed by atoms with E-state index in [2.05, 4.69) is 15.1 Å². The van der Waals surface area contributed by atoms with E-state index in [-0.39, 0.29) is 12.0 Å². The first-order chi connectivity index (χ1) is 14.6. The number of nitrogens with two attached hydrogens (primary N) is 1. The van der Waals surface area contributed by atoms with Crippen LogP contribution in [-0.4, -0.2) is 86.7 Å². The molecular weight excluding hydrogens is 385 g/mol. The summed E-state index contributed by atoms with van der Waals surface area (Å²) in [6, 6.07) is 0.832. The Labute approximate surface area is 180 Å². The number of carbonyl (C=O) groups excluding carboxylic acids is 1. The lowest BCUT2D eigenvalue weighted by Crippen LogP contribution is -2.89. The molecule has 4 aliphatic rings. The maximum absolute atomic E-state index is 13.6. The van der Waals surface area contributed by atoms with Gasteiger partial charge >= 0.3 is 5.97 Å². The van der Waals surface area contributed by atoms with Crippen molar-refractivity contribution in [3.05, 3.63) is 0 Å². The van der Waals surface area contributed by atoms with E-state index in [1.54, 1.807) is 0 Å². The molecule has 2 aliphatic heterocycles. The van der Waals surface area contributed by atoms with Crippen LogP contribution in [0.2, 0.25) is 0 Å². The van der Waals surface area contributed by atoms with Crippen LogP contribution < -0.4 is 5.32 Å². The third kappa shape index (κ3) is 5.17. The number of ether oxygens (including phenoxy) is 2. The van der Waals surface area contributed by atoms with Crippen LogP contribution in [0.4, 0.5) is 4.39 Å². The van der Waals surface area contributed by atoms with E-state index >= 15 is 0 Å². The molecule has 172 valence electrons. The number of hydrogen-bond acceptors (Lipinski definition) is 5. The summed E-state index contributed by atoms with van der Waals surface area (Å²) < 4.78 is 24.3. The lowest BCUT2D eigenvalue weighted by molar-refractivity contribution is -0.678. The molecule has 30 heavy (non-hydrogen) atoms. The van der Waals surface area contributed by atoms with Gasteiger partial charge in [0.05, 0.1) is 19.3 Å². The average molecular weight is 427 g/mol. The van der Waals surface area contributed by atoms with Gasteiger partial charge in [0, 0.05) is 33.2 Å². The Bertz CT molecular complexity index is 564. The highest BCUT2D eigenvalue weighted by atomic mass is 19.1. The molecule has 2 saturated carbocycles. The lowest BCUT2D eigenvalue weighted by atomic mass is 9.85. The molecule has 2 heterocycles. The third-order valence-electron chi connectivity index (χ3n) is 8.33. The quantitative estimate of drug-likeness (QED) is 0.653. The normalized spacial score (nSPS) is 40.8. The van der Waals surface area contributed by atoms with Gasteiger partial charge in [-0.1, -0.05) is 0 Å². The van der Waals surface area contributed by atoms with Crippen molar-refractivity contribution in [3.63, 3.8) is 0 Å². The third-order valence-corrected chi connectivity index (χ3v) is 8.33. The summed E-state index contributed by atoms with van der Waals surface area (Å²) in [5, 5.41) is 2.44. The predicted octanol–water partition coefficient (Wildman–Crippen LogP) is 1.54. The first-order valence-corrected chi connectivity index (χ1v) is 12.1. The smallest absolute Gasteiger partial charge is 0.323 e. The number of esters is 1. The van der Waals surface area contributed by atoms with E-state index in [0.29, 0.717) is 36.9 Å².